The summed E-state index contributed by atoms with van der Waals surface area (Å²) in [6.07, 6.45) is 0. The fraction of sp³-hybridized carbons (Fsp3) is 0.143. The zero-order valence-electron chi connectivity index (χ0n) is 11.1. The van der Waals surface area contributed by atoms with E-state index in [0.717, 1.165) is 16.6 Å². The van der Waals surface area contributed by atoms with Crippen molar-refractivity contribution in [2.45, 2.75) is 13.1 Å². The van der Waals surface area contributed by atoms with Crippen molar-refractivity contribution in [2.75, 3.05) is 0 Å². The van der Waals surface area contributed by atoms with Gasteiger partial charge in [-0.1, -0.05) is 29.5 Å². The average molecular weight is 283 g/mol. The van der Waals surface area contributed by atoms with Crippen molar-refractivity contribution in [1.29, 1.82) is 0 Å². The van der Waals surface area contributed by atoms with E-state index in [2.05, 4.69) is 15.3 Å². The van der Waals surface area contributed by atoms with Gasteiger partial charge in [0.25, 0.3) is 0 Å². The van der Waals surface area contributed by atoms with E-state index < -0.39 is 5.97 Å². The maximum atomic E-state index is 11.0. The van der Waals surface area contributed by atoms with Crippen LogP contribution in [0.15, 0.2) is 36.4 Å². The normalized spacial score (nSPS) is 10.9. The number of carboxylic acid groups (broad SMARTS) is 1. The van der Waals surface area contributed by atoms with Gasteiger partial charge in [-0.15, -0.1) is 5.10 Å². The zero-order valence-corrected chi connectivity index (χ0v) is 11.1. The van der Waals surface area contributed by atoms with Crippen molar-refractivity contribution < 1.29 is 9.90 Å². The molecule has 2 aromatic heterocycles. The summed E-state index contributed by atoms with van der Waals surface area (Å²) in [6, 6.07) is 11.6. The standard InChI is InChI=1S/C14H13N5O2/c15-7-12-13(14(20)21)17-18-19(12)8-10-6-5-9-3-1-2-4-11(9)16-10/h1-6H,7-8,15H2,(H,20,21). The highest BCUT2D eigenvalue weighted by atomic mass is 16.4. The molecule has 0 spiro atoms. The van der Waals surface area contributed by atoms with E-state index in [4.69, 9.17) is 10.8 Å². The fourth-order valence-corrected chi connectivity index (χ4v) is 2.18. The quantitative estimate of drug-likeness (QED) is 0.740. The Kier molecular flexibility index (Phi) is 3.33. The van der Waals surface area contributed by atoms with Gasteiger partial charge >= 0.3 is 5.97 Å². The van der Waals surface area contributed by atoms with Crippen molar-refractivity contribution >= 4 is 16.9 Å². The molecule has 0 radical (unpaired) electrons. The van der Waals surface area contributed by atoms with Crippen LogP contribution in [0.2, 0.25) is 0 Å². The molecule has 0 fully saturated rings. The zero-order chi connectivity index (χ0) is 14.8. The van der Waals surface area contributed by atoms with Crippen LogP contribution in [0.1, 0.15) is 21.9 Å². The van der Waals surface area contributed by atoms with Gasteiger partial charge in [0.1, 0.15) is 0 Å². The number of para-hydroxylation sites is 1. The summed E-state index contributed by atoms with van der Waals surface area (Å²) in [5, 5.41) is 17.6. The Balaban J connectivity index is 1.96. The predicted octanol–water partition coefficient (Wildman–Crippen LogP) is 1.03. The van der Waals surface area contributed by atoms with Crippen molar-refractivity contribution in [2.24, 2.45) is 5.73 Å². The van der Waals surface area contributed by atoms with E-state index in [1.165, 1.54) is 4.68 Å². The number of aromatic carboxylic acids is 1. The molecule has 0 aliphatic heterocycles. The minimum Gasteiger partial charge on any atom is -0.476 e. The molecule has 0 aliphatic carbocycles. The number of benzene rings is 1. The van der Waals surface area contributed by atoms with Crippen LogP contribution in [0.3, 0.4) is 0 Å². The summed E-state index contributed by atoms with van der Waals surface area (Å²) >= 11 is 0. The Bertz CT molecular complexity index is 812. The molecule has 0 aliphatic rings. The maximum Gasteiger partial charge on any atom is 0.358 e. The van der Waals surface area contributed by atoms with Crippen LogP contribution < -0.4 is 5.73 Å². The second-order valence-corrected chi connectivity index (χ2v) is 4.55. The molecule has 0 amide bonds. The lowest BCUT2D eigenvalue weighted by molar-refractivity contribution is 0.0689. The molecule has 2 heterocycles. The van der Waals surface area contributed by atoms with E-state index in [-0.39, 0.29) is 12.2 Å². The van der Waals surface area contributed by atoms with Crippen LogP contribution in [-0.4, -0.2) is 31.1 Å². The topological polar surface area (TPSA) is 107 Å². The van der Waals surface area contributed by atoms with Gasteiger partial charge in [-0.2, -0.15) is 0 Å². The summed E-state index contributed by atoms with van der Waals surface area (Å²) in [6.45, 7) is 0.389. The van der Waals surface area contributed by atoms with Gasteiger partial charge in [-0.05, 0) is 12.1 Å². The Hall–Kier alpha value is -2.80. The van der Waals surface area contributed by atoms with E-state index in [1.807, 2.05) is 36.4 Å². The van der Waals surface area contributed by atoms with Gasteiger partial charge in [-0.3, -0.25) is 4.98 Å². The third-order valence-corrected chi connectivity index (χ3v) is 3.20. The molecule has 3 N–H and O–H groups in total. The first-order valence-electron chi connectivity index (χ1n) is 6.39. The molecule has 1 aromatic carbocycles. The van der Waals surface area contributed by atoms with E-state index in [0.29, 0.717) is 12.2 Å². The summed E-state index contributed by atoms with van der Waals surface area (Å²) in [4.78, 5) is 15.6. The Morgan fingerprint density at radius 3 is 2.81 bits per heavy atom. The van der Waals surface area contributed by atoms with E-state index in [1.54, 1.807) is 0 Å². The minimum atomic E-state index is -1.13. The molecule has 7 heteroatoms. The number of hydrogen-bond donors (Lipinski definition) is 2. The molecule has 7 nitrogen and oxygen atoms in total. The smallest absolute Gasteiger partial charge is 0.358 e. The summed E-state index contributed by atoms with van der Waals surface area (Å²) < 4.78 is 1.47. The second kappa shape index (κ2) is 5.29. The monoisotopic (exact) mass is 283 g/mol. The summed E-state index contributed by atoms with van der Waals surface area (Å²) in [5.74, 6) is -1.13. The van der Waals surface area contributed by atoms with Crippen LogP contribution in [-0.2, 0) is 13.1 Å². The number of nitrogens with zero attached hydrogens (tertiary/aromatic N) is 4. The summed E-state index contributed by atoms with van der Waals surface area (Å²) in [7, 11) is 0. The minimum absolute atomic E-state index is 0.0578. The van der Waals surface area contributed by atoms with Crippen molar-refractivity contribution in [3.05, 3.63) is 53.5 Å². The molecule has 0 unspecified atom stereocenters. The molecular weight excluding hydrogens is 270 g/mol. The molecular formula is C14H13N5O2. The van der Waals surface area contributed by atoms with Gasteiger partial charge < -0.3 is 10.8 Å². The third-order valence-electron chi connectivity index (χ3n) is 3.20. The first-order valence-corrected chi connectivity index (χ1v) is 6.39. The van der Waals surface area contributed by atoms with E-state index in [9.17, 15) is 4.79 Å². The molecule has 0 bridgehead atoms. The molecule has 0 atom stereocenters. The number of carboxylic acids is 1. The summed E-state index contributed by atoms with van der Waals surface area (Å²) in [5.41, 5.74) is 7.51. The van der Waals surface area contributed by atoms with Gasteiger partial charge in [0, 0.05) is 11.9 Å². The Morgan fingerprint density at radius 1 is 1.24 bits per heavy atom. The largest absolute Gasteiger partial charge is 0.476 e. The molecule has 0 saturated carbocycles. The van der Waals surface area contributed by atoms with Gasteiger partial charge in [0.15, 0.2) is 5.69 Å². The first-order chi connectivity index (χ1) is 10.2. The van der Waals surface area contributed by atoms with Crippen molar-refractivity contribution in [1.82, 2.24) is 20.0 Å². The van der Waals surface area contributed by atoms with Crippen LogP contribution >= 0.6 is 0 Å². The van der Waals surface area contributed by atoms with Crippen LogP contribution in [0, 0.1) is 0 Å². The number of aromatic nitrogens is 4. The average Bonchev–Trinajstić information content (AvgIpc) is 2.90. The van der Waals surface area contributed by atoms with Gasteiger partial charge in [0.2, 0.25) is 0 Å². The fourth-order valence-electron chi connectivity index (χ4n) is 2.18. The number of pyridine rings is 1. The van der Waals surface area contributed by atoms with Gasteiger partial charge in [-0.25, -0.2) is 9.48 Å². The number of carbonyl (C=O) groups is 1. The highest BCUT2D eigenvalue weighted by Gasteiger charge is 2.17. The number of fused-ring (bicyclic) bond motifs is 1. The van der Waals surface area contributed by atoms with E-state index >= 15 is 0 Å². The van der Waals surface area contributed by atoms with Crippen molar-refractivity contribution in [3.63, 3.8) is 0 Å². The van der Waals surface area contributed by atoms with Gasteiger partial charge in [0.05, 0.1) is 23.4 Å². The second-order valence-electron chi connectivity index (χ2n) is 4.55. The lowest BCUT2D eigenvalue weighted by Gasteiger charge is -2.06. The number of hydrogen-bond acceptors (Lipinski definition) is 5. The number of rotatable bonds is 4. The lowest BCUT2D eigenvalue weighted by Crippen LogP contribution is -2.13. The van der Waals surface area contributed by atoms with Crippen LogP contribution in [0.4, 0.5) is 0 Å². The van der Waals surface area contributed by atoms with Crippen molar-refractivity contribution in [3.8, 4) is 0 Å². The molecule has 21 heavy (non-hydrogen) atoms. The number of nitrogens with two attached hydrogens (primary N) is 1. The molecule has 0 saturated heterocycles. The SMILES string of the molecule is NCc1c(C(=O)O)nnn1Cc1ccc2ccccc2n1. The Labute approximate surface area is 120 Å². The van der Waals surface area contributed by atoms with Crippen LogP contribution in [0.25, 0.3) is 10.9 Å². The Morgan fingerprint density at radius 2 is 2.05 bits per heavy atom. The predicted molar refractivity (Wildman–Crippen MR) is 75.7 cm³/mol. The maximum absolute atomic E-state index is 11.0. The third kappa shape index (κ3) is 2.46. The van der Waals surface area contributed by atoms with Crippen LogP contribution in [0.5, 0.6) is 0 Å². The highest BCUT2D eigenvalue weighted by Crippen LogP contribution is 2.13. The lowest BCUT2D eigenvalue weighted by atomic mass is 10.2. The molecule has 106 valence electrons. The first kappa shape index (κ1) is 13.2. The molecule has 3 aromatic rings. The highest BCUT2D eigenvalue weighted by molar-refractivity contribution is 5.86. The molecule has 3 rings (SSSR count).